The Morgan fingerprint density at radius 1 is 1.45 bits per heavy atom. The van der Waals surface area contributed by atoms with Crippen LogP contribution in [-0.2, 0) is 13.6 Å². The fourth-order valence-corrected chi connectivity index (χ4v) is 2.61. The standard InChI is InChI=1S/C15H20BrN3O/c1-4-14(13-7-12(16)5-6-15(13)20)17-8-11-9-18-19(3)10(11)2/h5-7,9,14,17,20H,4,8H2,1-3H3. The molecule has 0 saturated carbocycles. The molecular formula is C15H20BrN3O. The van der Waals surface area contributed by atoms with E-state index in [0.29, 0.717) is 5.75 Å². The average molecular weight is 338 g/mol. The molecule has 2 rings (SSSR count). The summed E-state index contributed by atoms with van der Waals surface area (Å²) in [7, 11) is 1.94. The van der Waals surface area contributed by atoms with Crippen molar-refractivity contribution in [3.8, 4) is 5.75 Å². The molecule has 0 amide bonds. The molecule has 2 aromatic rings. The van der Waals surface area contributed by atoms with Gasteiger partial charge in [-0.05, 0) is 31.5 Å². The molecule has 0 spiro atoms. The Bertz CT molecular complexity index is 595. The number of aryl methyl sites for hydroxylation is 1. The van der Waals surface area contributed by atoms with Crippen LogP contribution in [0.15, 0.2) is 28.9 Å². The van der Waals surface area contributed by atoms with Gasteiger partial charge >= 0.3 is 0 Å². The zero-order valence-electron chi connectivity index (χ0n) is 12.0. The van der Waals surface area contributed by atoms with E-state index in [9.17, 15) is 5.11 Å². The molecule has 108 valence electrons. The lowest BCUT2D eigenvalue weighted by Gasteiger charge is -2.19. The Kier molecular flexibility index (Phi) is 4.83. The Morgan fingerprint density at radius 3 is 2.80 bits per heavy atom. The van der Waals surface area contributed by atoms with Gasteiger partial charge in [-0.25, -0.2) is 0 Å². The molecule has 0 aliphatic rings. The average Bonchev–Trinajstić information content (AvgIpc) is 2.75. The van der Waals surface area contributed by atoms with Gasteiger partial charge in [-0.1, -0.05) is 22.9 Å². The van der Waals surface area contributed by atoms with Crippen LogP contribution in [0.5, 0.6) is 5.75 Å². The van der Waals surface area contributed by atoms with Gasteiger partial charge in [0, 0.05) is 40.9 Å². The van der Waals surface area contributed by atoms with Crippen LogP contribution < -0.4 is 5.32 Å². The largest absolute Gasteiger partial charge is 0.508 e. The summed E-state index contributed by atoms with van der Waals surface area (Å²) >= 11 is 3.45. The molecule has 1 heterocycles. The van der Waals surface area contributed by atoms with Crippen LogP contribution >= 0.6 is 15.9 Å². The van der Waals surface area contributed by atoms with Crippen molar-refractivity contribution >= 4 is 15.9 Å². The van der Waals surface area contributed by atoms with E-state index in [1.54, 1.807) is 6.07 Å². The monoisotopic (exact) mass is 337 g/mol. The van der Waals surface area contributed by atoms with E-state index in [2.05, 4.69) is 40.2 Å². The molecule has 0 fully saturated rings. The van der Waals surface area contributed by atoms with Crippen molar-refractivity contribution in [2.75, 3.05) is 0 Å². The zero-order valence-corrected chi connectivity index (χ0v) is 13.6. The van der Waals surface area contributed by atoms with Gasteiger partial charge in [0.05, 0.1) is 6.20 Å². The lowest BCUT2D eigenvalue weighted by molar-refractivity contribution is 0.440. The third-order valence-corrected chi connectivity index (χ3v) is 4.14. The Morgan fingerprint density at radius 2 is 2.20 bits per heavy atom. The minimum absolute atomic E-state index is 0.118. The van der Waals surface area contributed by atoms with Gasteiger partial charge < -0.3 is 10.4 Å². The van der Waals surface area contributed by atoms with Crippen LogP contribution in [-0.4, -0.2) is 14.9 Å². The third-order valence-electron chi connectivity index (χ3n) is 3.65. The molecule has 0 bridgehead atoms. The van der Waals surface area contributed by atoms with Crippen LogP contribution in [0.2, 0.25) is 0 Å². The number of phenols is 1. The quantitative estimate of drug-likeness (QED) is 0.878. The highest BCUT2D eigenvalue weighted by Crippen LogP contribution is 2.29. The van der Waals surface area contributed by atoms with Crippen molar-refractivity contribution in [2.45, 2.75) is 32.9 Å². The van der Waals surface area contributed by atoms with E-state index in [4.69, 9.17) is 0 Å². The highest BCUT2D eigenvalue weighted by molar-refractivity contribution is 9.10. The van der Waals surface area contributed by atoms with Crippen LogP contribution in [0.25, 0.3) is 0 Å². The fourth-order valence-electron chi connectivity index (χ4n) is 2.23. The molecule has 0 aliphatic carbocycles. The number of benzene rings is 1. The van der Waals surface area contributed by atoms with Gasteiger partial charge in [0.2, 0.25) is 0 Å². The molecule has 1 aromatic heterocycles. The Labute approximate surface area is 127 Å². The highest BCUT2D eigenvalue weighted by atomic mass is 79.9. The van der Waals surface area contributed by atoms with E-state index in [1.807, 2.05) is 30.1 Å². The highest BCUT2D eigenvalue weighted by Gasteiger charge is 2.14. The molecule has 2 N–H and O–H groups in total. The summed E-state index contributed by atoms with van der Waals surface area (Å²) in [6.07, 6.45) is 2.79. The third kappa shape index (κ3) is 3.22. The summed E-state index contributed by atoms with van der Waals surface area (Å²) in [6.45, 7) is 4.90. The molecular weight excluding hydrogens is 318 g/mol. The second-order valence-electron chi connectivity index (χ2n) is 4.92. The van der Waals surface area contributed by atoms with Crippen molar-refractivity contribution in [1.29, 1.82) is 0 Å². The maximum absolute atomic E-state index is 10.0. The number of phenolic OH excluding ortho intramolecular Hbond substituents is 1. The second kappa shape index (κ2) is 6.41. The number of aromatic nitrogens is 2. The lowest BCUT2D eigenvalue weighted by Crippen LogP contribution is -2.20. The lowest BCUT2D eigenvalue weighted by atomic mass is 10.0. The minimum Gasteiger partial charge on any atom is -0.508 e. The number of nitrogens with zero attached hydrogens (tertiary/aromatic N) is 2. The van der Waals surface area contributed by atoms with Crippen LogP contribution in [0.3, 0.4) is 0 Å². The normalized spacial score (nSPS) is 12.6. The van der Waals surface area contributed by atoms with E-state index in [1.165, 1.54) is 5.56 Å². The molecule has 0 saturated heterocycles. The van der Waals surface area contributed by atoms with Crippen LogP contribution in [0.1, 0.15) is 36.2 Å². The predicted molar refractivity (Wildman–Crippen MR) is 83.6 cm³/mol. The van der Waals surface area contributed by atoms with Crippen molar-refractivity contribution in [3.63, 3.8) is 0 Å². The minimum atomic E-state index is 0.118. The first-order valence-electron chi connectivity index (χ1n) is 6.72. The second-order valence-corrected chi connectivity index (χ2v) is 5.84. The fraction of sp³-hybridized carbons (Fsp3) is 0.400. The molecule has 1 atom stereocenters. The molecule has 1 aromatic carbocycles. The van der Waals surface area contributed by atoms with Gasteiger partial charge in [-0.3, -0.25) is 4.68 Å². The number of hydrogen-bond acceptors (Lipinski definition) is 3. The summed E-state index contributed by atoms with van der Waals surface area (Å²) in [5, 5.41) is 17.7. The van der Waals surface area contributed by atoms with E-state index in [0.717, 1.165) is 28.7 Å². The topological polar surface area (TPSA) is 50.1 Å². The molecule has 0 aliphatic heterocycles. The summed E-state index contributed by atoms with van der Waals surface area (Å²) < 4.78 is 2.84. The van der Waals surface area contributed by atoms with Gasteiger partial charge in [-0.2, -0.15) is 5.10 Å². The summed E-state index contributed by atoms with van der Waals surface area (Å²) in [6, 6.07) is 5.65. The van der Waals surface area contributed by atoms with E-state index in [-0.39, 0.29) is 6.04 Å². The smallest absolute Gasteiger partial charge is 0.120 e. The van der Waals surface area contributed by atoms with Gasteiger partial charge in [0.15, 0.2) is 0 Å². The number of aromatic hydroxyl groups is 1. The summed E-state index contributed by atoms with van der Waals surface area (Å²) in [5.41, 5.74) is 3.26. The van der Waals surface area contributed by atoms with Gasteiger partial charge in [0.1, 0.15) is 5.75 Å². The SMILES string of the molecule is CCC(NCc1cnn(C)c1C)c1cc(Br)ccc1O. The zero-order chi connectivity index (χ0) is 14.7. The summed E-state index contributed by atoms with van der Waals surface area (Å²) in [4.78, 5) is 0. The van der Waals surface area contributed by atoms with E-state index < -0.39 is 0 Å². The molecule has 20 heavy (non-hydrogen) atoms. The first-order chi connectivity index (χ1) is 9.52. The van der Waals surface area contributed by atoms with Crippen LogP contribution in [0, 0.1) is 6.92 Å². The molecule has 5 heteroatoms. The number of nitrogens with one attached hydrogen (secondary N) is 1. The number of halogens is 1. The van der Waals surface area contributed by atoms with Gasteiger partial charge in [0.25, 0.3) is 0 Å². The van der Waals surface area contributed by atoms with Gasteiger partial charge in [-0.15, -0.1) is 0 Å². The maximum Gasteiger partial charge on any atom is 0.120 e. The number of hydrogen-bond donors (Lipinski definition) is 2. The maximum atomic E-state index is 10.0. The molecule has 0 radical (unpaired) electrons. The van der Waals surface area contributed by atoms with Crippen molar-refractivity contribution in [1.82, 2.24) is 15.1 Å². The first-order valence-corrected chi connectivity index (χ1v) is 7.51. The predicted octanol–water partition coefficient (Wildman–Crippen LogP) is 3.44. The Balaban J connectivity index is 2.13. The molecule has 1 unspecified atom stereocenters. The van der Waals surface area contributed by atoms with Crippen molar-refractivity contribution < 1.29 is 5.11 Å². The van der Waals surface area contributed by atoms with Crippen molar-refractivity contribution in [2.24, 2.45) is 7.05 Å². The number of rotatable bonds is 5. The van der Waals surface area contributed by atoms with Crippen molar-refractivity contribution in [3.05, 3.63) is 45.7 Å². The summed E-state index contributed by atoms with van der Waals surface area (Å²) in [5.74, 6) is 0.329. The first kappa shape index (κ1) is 15.1. The molecule has 4 nitrogen and oxygen atoms in total. The Hall–Kier alpha value is -1.33. The van der Waals surface area contributed by atoms with Crippen LogP contribution in [0.4, 0.5) is 0 Å². The van der Waals surface area contributed by atoms with E-state index >= 15 is 0 Å².